The van der Waals surface area contributed by atoms with E-state index < -0.39 is 0 Å². The molecule has 0 amide bonds. The second-order valence-electron chi connectivity index (χ2n) is 7.03. The van der Waals surface area contributed by atoms with Gasteiger partial charge >= 0.3 is 0 Å². The van der Waals surface area contributed by atoms with Crippen LogP contribution < -0.4 is 4.74 Å². The van der Waals surface area contributed by atoms with E-state index in [2.05, 4.69) is 15.6 Å². The third-order valence-corrected chi connectivity index (χ3v) is 7.61. The predicted molar refractivity (Wildman–Crippen MR) is 128 cm³/mol. The summed E-state index contributed by atoms with van der Waals surface area (Å²) in [6, 6.07) is 11.6. The van der Waals surface area contributed by atoms with Crippen LogP contribution in [-0.4, -0.2) is 19.7 Å². The Morgan fingerprint density at radius 2 is 1.84 bits per heavy atom. The molecular weight excluding hydrogens is 471 g/mol. The topological polar surface area (TPSA) is 52.8 Å². The molecule has 5 nitrogen and oxygen atoms in total. The highest BCUT2D eigenvalue weighted by atomic mass is 35.5. The van der Waals surface area contributed by atoms with Crippen LogP contribution in [0.5, 0.6) is 5.75 Å². The van der Waals surface area contributed by atoms with Crippen molar-refractivity contribution in [2.24, 2.45) is 7.05 Å². The number of thiazole rings is 1. The summed E-state index contributed by atoms with van der Waals surface area (Å²) >= 11 is 15.7. The summed E-state index contributed by atoms with van der Waals surface area (Å²) in [6.45, 7) is 4.27. The minimum Gasteiger partial charge on any atom is -0.486 e. The molecule has 0 atom stereocenters. The number of nitrogens with zero attached hydrogens (tertiary/aromatic N) is 4. The zero-order chi connectivity index (χ0) is 22.0. The van der Waals surface area contributed by atoms with Crippen LogP contribution in [0.4, 0.5) is 0 Å². The summed E-state index contributed by atoms with van der Waals surface area (Å²) in [5.74, 6) is 2.22. The van der Waals surface area contributed by atoms with Crippen LogP contribution in [0.3, 0.4) is 0 Å². The largest absolute Gasteiger partial charge is 0.486 e. The van der Waals surface area contributed by atoms with Crippen molar-refractivity contribution < 1.29 is 4.74 Å². The number of halogens is 2. The van der Waals surface area contributed by atoms with Crippen LogP contribution in [0, 0.1) is 13.8 Å². The van der Waals surface area contributed by atoms with E-state index in [1.54, 1.807) is 23.1 Å². The maximum atomic E-state index is 6.28. The zero-order valence-electron chi connectivity index (χ0n) is 17.2. The number of aromatic nitrogens is 4. The summed E-state index contributed by atoms with van der Waals surface area (Å²) in [4.78, 5) is 4.71. The molecule has 4 rings (SSSR count). The lowest BCUT2D eigenvalue weighted by atomic mass is 10.1. The molecular formula is C22H20Cl2N4OS2. The third-order valence-electron chi connectivity index (χ3n) is 4.71. The van der Waals surface area contributed by atoms with Crippen molar-refractivity contribution >= 4 is 46.3 Å². The summed E-state index contributed by atoms with van der Waals surface area (Å²) in [5.41, 5.74) is 3.92. The Morgan fingerprint density at radius 3 is 2.58 bits per heavy atom. The zero-order valence-corrected chi connectivity index (χ0v) is 20.4. The molecule has 0 saturated carbocycles. The first-order valence-corrected chi connectivity index (χ1v) is 12.1. The maximum Gasteiger partial charge on any atom is 0.191 e. The fraction of sp³-hybridized carbons (Fsp3) is 0.227. The van der Waals surface area contributed by atoms with Crippen molar-refractivity contribution in [1.82, 2.24) is 19.7 Å². The molecule has 0 spiro atoms. The van der Waals surface area contributed by atoms with Gasteiger partial charge in [0.05, 0.1) is 10.7 Å². The minimum absolute atomic E-state index is 0.331. The normalized spacial score (nSPS) is 11.1. The smallest absolute Gasteiger partial charge is 0.191 e. The van der Waals surface area contributed by atoms with Gasteiger partial charge in [-0.05, 0) is 43.2 Å². The van der Waals surface area contributed by atoms with Crippen molar-refractivity contribution in [3.05, 3.63) is 74.5 Å². The number of hydrogen-bond donors (Lipinski definition) is 0. The number of rotatable bonds is 7. The van der Waals surface area contributed by atoms with Crippen LogP contribution in [0.2, 0.25) is 10.0 Å². The van der Waals surface area contributed by atoms with Gasteiger partial charge in [-0.15, -0.1) is 21.5 Å². The second-order valence-corrected chi connectivity index (χ2v) is 9.62. The number of ether oxygens (including phenoxy) is 1. The number of benzene rings is 2. The first kappa shape index (κ1) is 22.1. The first-order chi connectivity index (χ1) is 14.9. The van der Waals surface area contributed by atoms with Gasteiger partial charge in [0.2, 0.25) is 0 Å². The monoisotopic (exact) mass is 490 g/mol. The molecule has 0 fully saturated rings. The van der Waals surface area contributed by atoms with E-state index in [0.717, 1.165) is 49.1 Å². The Kier molecular flexibility index (Phi) is 6.86. The summed E-state index contributed by atoms with van der Waals surface area (Å²) in [7, 11) is 1.94. The highest BCUT2D eigenvalue weighted by Gasteiger charge is 2.13. The van der Waals surface area contributed by atoms with Gasteiger partial charge in [-0.3, -0.25) is 0 Å². The van der Waals surface area contributed by atoms with Crippen LogP contribution in [-0.2, 0) is 19.4 Å². The molecule has 0 aliphatic heterocycles. The van der Waals surface area contributed by atoms with Gasteiger partial charge in [0.1, 0.15) is 17.4 Å². The van der Waals surface area contributed by atoms with E-state index in [1.807, 2.05) is 61.9 Å². The molecule has 2 heterocycles. The molecule has 0 aliphatic rings. The third kappa shape index (κ3) is 5.06. The molecule has 160 valence electrons. The Morgan fingerprint density at radius 1 is 1.10 bits per heavy atom. The Balaban J connectivity index is 1.38. The van der Waals surface area contributed by atoms with Gasteiger partial charge in [-0.1, -0.05) is 53.2 Å². The minimum atomic E-state index is 0.331. The predicted octanol–water partition coefficient (Wildman–Crippen LogP) is 6.73. The molecule has 0 aliphatic carbocycles. The molecule has 0 unspecified atom stereocenters. The van der Waals surface area contributed by atoms with E-state index in [9.17, 15) is 0 Å². The highest BCUT2D eigenvalue weighted by Crippen LogP contribution is 2.32. The van der Waals surface area contributed by atoms with Gasteiger partial charge in [0, 0.05) is 28.8 Å². The number of hydrogen-bond acceptors (Lipinski definition) is 6. The van der Waals surface area contributed by atoms with Crippen molar-refractivity contribution in [2.75, 3.05) is 0 Å². The van der Waals surface area contributed by atoms with Crippen molar-refractivity contribution in [2.45, 2.75) is 31.4 Å². The van der Waals surface area contributed by atoms with Crippen molar-refractivity contribution in [3.63, 3.8) is 0 Å². The quantitative estimate of drug-likeness (QED) is 0.268. The van der Waals surface area contributed by atoms with Gasteiger partial charge in [-0.25, -0.2) is 4.98 Å². The van der Waals surface area contributed by atoms with E-state index in [-0.39, 0.29) is 0 Å². The molecule has 4 aromatic rings. The molecule has 0 N–H and O–H groups in total. The van der Waals surface area contributed by atoms with E-state index >= 15 is 0 Å². The lowest BCUT2D eigenvalue weighted by molar-refractivity contribution is 0.290. The highest BCUT2D eigenvalue weighted by molar-refractivity contribution is 7.98. The van der Waals surface area contributed by atoms with E-state index in [4.69, 9.17) is 32.9 Å². The molecule has 0 bridgehead atoms. The van der Waals surface area contributed by atoms with Crippen LogP contribution in [0.25, 0.3) is 10.6 Å². The molecule has 0 radical (unpaired) electrons. The molecule has 31 heavy (non-hydrogen) atoms. The molecule has 9 heteroatoms. The SMILES string of the molecule is Cc1cc(OCc2nnc(SCc3csc(-c4ccccc4Cl)n3)n2C)cc(C)c1Cl. The van der Waals surface area contributed by atoms with Gasteiger partial charge in [-0.2, -0.15) is 0 Å². The molecule has 0 saturated heterocycles. The summed E-state index contributed by atoms with van der Waals surface area (Å²) in [5, 5.41) is 13.8. The van der Waals surface area contributed by atoms with E-state index in [0.29, 0.717) is 17.4 Å². The Hall–Kier alpha value is -2.06. The summed E-state index contributed by atoms with van der Waals surface area (Å²) in [6.07, 6.45) is 0. The maximum absolute atomic E-state index is 6.28. The van der Waals surface area contributed by atoms with Crippen LogP contribution >= 0.6 is 46.3 Å². The first-order valence-electron chi connectivity index (χ1n) is 9.52. The van der Waals surface area contributed by atoms with Gasteiger partial charge in [0.25, 0.3) is 0 Å². The van der Waals surface area contributed by atoms with Crippen molar-refractivity contribution in [3.8, 4) is 16.3 Å². The summed E-state index contributed by atoms with van der Waals surface area (Å²) < 4.78 is 7.86. The van der Waals surface area contributed by atoms with E-state index in [1.165, 1.54) is 0 Å². The second kappa shape index (κ2) is 9.61. The number of aryl methyl sites for hydroxylation is 2. The lowest BCUT2D eigenvalue weighted by Gasteiger charge is -2.10. The fourth-order valence-corrected chi connectivity index (χ4v) is 5.18. The molecule has 2 aromatic carbocycles. The van der Waals surface area contributed by atoms with Crippen molar-refractivity contribution in [1.29, 1.82) is 0 Å². The number of thioether (sulfide) groups is 1. The standard InChI is InChI=1S/C22H20Cl2N4OS2/c1-13-8-16(9-14(2)20(13)24)29-10-19-26-27-22(28(19)3)31-12-15-11-30-21(25-15)17-6-4-5-7-18(17)23/h4-9,11H,10,12H2,1-3H3. The fourth-order valence-electron chi connectivity index (χ4n) is 3.00. The Bertz CT molecular complexity index is 1200. The molecule has 2 aromatic heterocycles. The van der Waals surface area contributed by atoms with Crippen LogP contribution in [0.15, 0.2) is 46.9 Å². The Labute approximate surface area is 199 Å². The average Bonchev–Trinajstić information content (AvgIpc) is 3.36. The van der Waals surface area contributed by atoms with Gasteiger partial charge in [0.15, 0.2) is 11.0 Å². The van der Waals surface area contributed by atoms with Crippen LogP contribution in [0.1, 0.15) is 22.6 Å². The van der Waals surface area contributed by atoms with Gasteiger partial charge < -0.3 is 9.30 Å². The lowest BCUT2D eigenvalue weighted by Crippen LogP contribution is -2.04. The average molecular weight is 491 g/mol.